The first-order valence-corrected chi connectivity index (χ1v) is 13.2. The molecule has 0 bridgehead atoms. The monoisotopic (exact) mass is 609 g/mol. The maximum Gasteiger partial charge on any atom is 0.461 e. The van der Waals surface area contributed by atoms with Crippen LogP contribution in [0.1, 0.15) is 31.4 Å². The van der Waals surface area contributed by atoms with Crippen molar-refractivity contribution in [3.63, 3.8) is 0 Å². The van der Waals surface area contributed by atoms with E-state index in [4.69, 9.17) is 4.74 Å². The molecule has 1 unspecified atom stereocenters. The number of benzene rings is 3. The van der Waals surface area contributed by atoms with Crippen molar-refractivity contribution in [3.8, 4) is 5.75 Å². The number of hydrogen-bond donors (Lipinski definition) is 1. The molecule has 0 radical (unpaired) electrons. The predicted octanol–water partition coefficient (Wildman–Crippen LogP) is 8.05. The average Bonchev–Trinajstić information content (AvgIpc) is 2.94. The number of alkyl halides is 5. The number of carbonyl (C=O) groups is 1. The van der Waals surface area contributed by atoms with E-state index in [0.717, 1.165) is 12.1 Å². The molecule has 43 heavy (non-hydrogen) atoms. The molecule has 1 aliphatic rings. The second-order valence-corrected chi connectivity index (χ2v) is 9.86. The highest BCUT2D eigenvalue weighted by Gasteiger charge is 2.46. The molecular weight excluding hydrogens is 579 g/mol. The number of amides is 1. The van der Waals surface area contributed by atoms with E-state index in [-0.39, 0.29) is 35.5 Å². The number of halogens is 7. The third-order valence-corrected chi connectivity index (χ3v) is 6.27. The van der Waals surface area contributed by atoms with Crippen molar-refractivity contribution in [2.45, 2.75) is 57.0 Å². The largest absolute Gasteiger partial charge is 0.488 e. The number of rotatable bonds is 11. The van der Waals surface area contributed by atoms with E-state index in [0.29, 0.717) is 18.0 Å². The molecule has 4 rings (SSSR count). The third-order valence-electron chi connectivity index (χ3n) is 6.27. The van der Waals surface area contributed by atoms with Crippen molar-refractivity contribution in [2.75, 3.05) is 0 Å². The second-order valence-electron chi connectivity index (χ2n) is 9.86. The molecule has 0 fully saturated rings. The van der Waals surface area contributed by atoms with E-state index in [1.54, 1.807) is 62.4 Å². The Morgan fingerprint density at radius 3 is 2.14 bits per heavy atom. The number of nitrogens with one attached hydrogen (secondary N) is 1. The van der Waals surface area contributed by atoms with Gasteiger partial charge in [0.05, 0.1) is 11.6 Å². The summed E-state index contributed by atoms with van der Waals surface area (Å²) in [6, 6.07) is 20.4. The molecular formula is C32H30F7NO3. The molecule has 11 heteroatoms. The molecule has 3 aromatic carbocycles. The van der Waals surface area contributed by atoms with Crippen LogP contribution in [0.2, 0.25) is 0 Å². The molecule has 0 aliphatic heterocycles. The smallest absolute Gasteiger partial charge is 0.461 e. The zero-order chi connectivity index (χ0) is 31.6. The van der Waals surface area contributed by atoms with E-state index < -0.39 is 41.9 Å². The molecule has 3 aromatic rings. The van der Waals surface area contributed by atoms with Crippen LogP contribution in [0.3, 0.4) is 0 Å². The van der Waals surface area contributed by atoms with Gasteiger partial charge in [0.2, 0.25) is 6.41 Å². The molecule has 4 nitrogen and oxygen atoms in total. The molecule has 1 aliphatic carbocycles. The fraction of sp³-hybridized carbons (Fsp3) is 0.281. The lowest BCUT2D eigenvalue weighted by Crippen LogP contribution is -2.46. The number of hydrogen-bond acceptors (Lipinski definition) is 3. The van der Waals surface area contributed by atoms with Crippen molar-refractivity contribution >= 4 is 6.41 Å². The van der Waals surface area contributed by atoms with Gasteiger partial charge in [0.1, 0.15) is 17.7 Å². The van der Waals surface area contributed by atoms with Gasteiger partial charge in [-0.25, -0.2) is 13.2 Å². The minimum Gasteiger partial charge on any atom is -0.488 e. The van der Waals surface area contributed by atoms with E-state index in [1.807, 2.05) is 0 Å². The topological polar surface area (TPSA) is 47.6 Å². The Morgan fingerprint density at radius 1 is 0.977 bits per heavy atom. The summed E-state index contributed by atoms with van der Waals surface area (Å²) in [5.41, 5.74) is -0.612. The van der Waals surface area contributed by atoms with E-state index in [2.05, 4.69) is 10.1 Å². The summed E-state index contributed by atoms with van der Waals surface area (Å²) in [5, 5.41) is 2.65. The van der Waals surface area contributed by atoms with Gasteiger partial charge >= 0.3 is 12.5 Å². The Labute approximate surface area is 244 Å². The second kappa shape index (κ2) is 14.8. The first kappa shape index (κ1) is 33.2. The number of carbonyl (C=O) groups excluding carboxylic acids is 1. The van der Waals surface area contributed by atoms with Gasteiger partial charge < -0.3 is 14.8 Å². The minimum absolute atomic E-state index is 0.00357. The normalized spacial score (nSPS) is 16.3. The van der Waals surface area contributed by atoms with E-state index >= 15 is 0 Å². The quantitative estimate of drug-likeness (QED) is 0.177. The van der Waals surface area contributed by atoms with Crippen molar-refractivity contribution in [1.82, 2.24) is 5.32 Å². The van der Waals surface area contributed by atoms with Crippen molar-refractivity contribution in [2.24, 2.45) is 0 Å². The van der Waals surface area contributed by atoms with Gasteiger partial charge in [0.25, 0.3) is 0 Å². The summed E-state index contributed by atoms with van der Waals surface area (Å²) in [4.78, 5) is 11.8. The third kappa shape index (κ3) is 9.10. The summed E-state index contributed by atoms with van der Waals surface area (Å²) >= 11 is 0. The fourth-order valence-electron chi connectivity index (χ4n) is 4.45. The summed E-state index contributed by atoms with van der Waals surface area (Å²) in [7, 11) is 0. The number of allylic oxidation sites excluding steroid dienone is 2. The summed E-state index contributed by atoms with van der Waals surface area (Å²) in [6.07, 6.45) is -9.68. The van der Waals surface area contributed by atoms with Crippen molar-refractivity contribution < 1.29 is 45.0 Å². The van der Waals surface area contributed by atoms with Crippen LogP contribution >= 0.6 is 0 Å². The standard InChI is InChI=1S/C26H25F6NO3.C6H5F/c1-16(2)35-23-12-18(8-9-22(23)28)25(33-15-34,14-17-6-4-3-5-7-17)19-10-20(27)13-21(11-19)36-26(31,32)24(29)30;7-6-4-2-1-3-5-6/h3-9,11-13,15-16,20,24H,10,14H2,1-2H3,(H,33,34);1-5H/t20?,25-;/m1./s1. The molecule has 0 spiro atoms. The molecule has 2 atom stereocenters. The maximum atomic E-state index is 14.8. The van der Waals surface area contributed by atoms with Gasteiger partial charge in [-0.2, -0.15) is 17.6 Å². The highest BCUT2D eigenvalue weighted by atomic mass is 19.3. The zero-order valence-corrected chi connectivity index (χ0v) is 23.3. The first-order valence-electron chi connectivity index (χ1n) is 13.2. The van der Waals surface area contributed by atoms with Crippen molar-refractivity contribution in [1.29, 1.82) is 0 Å². The summed E-state index contributed by atoms with van der Waals surface area (Å²) < 4.78 is 104. The Bertz CT molecular complexity index is 1400. The van der Waals surface area contributed by atoms with E-state index in [1.165, 1.54) is 24.3 Å². The SMILES string of the molecule is CC(C)Oc1cc([C@@](Cc2ccccc2)(NC=O)C2=CC(OC(F)(F)C(F)F)=CC(F)C2)ccc1F.Fc1ccccc1. The lowest BCUT2D eigenvalue weighted by molar-refractivity contribution is -0.280. The van der Waals surface area contributed by atoms with Crippen LogP contribution in [0.25, 0.3) is 0 Å². The van der Waals surface area contributed by atoms with Gasteiger partial charge in [-0.05, 0) is 67.0 Å². The first-order chi connectivity index (χ1) is 20.4. The average molecular weight is 610 g/mol. The molecule has 230 valence electrons. The van der Waals surface area contributed by atoms with Crippen LogP contribution < -0.4 is 10.1 Å². The van der Waals surface area contributed by atoms with Crippen LogP contribution in [0, 0.1) is 11.6 Å². The zero-order valence-electron chi connectivity index (χ0n) is 23.3. The van der Waals surface area contributed by atoms with Crippen LogP contribution in [0.15, 0.2) is 102 Å². The highest BCUT2D eigenvalue weighted by Crippen LogP contribution is 2.42. The van der Waals surface area contributed by atoms with Gasteiger partial charge in [-0.3, -0.25) is 4.79 Å². The van der Waals surface area contributed by atoms with Crippen LogP contribution in [0.5, 0.6) is 5.75 Å². The Kier molecular flexibility index (Phi) is 11.4. The summed E-state index contributed by atoms with van der Waals surface area (Å²) in [6.45, 7) is 3.37. The van der Waals surface area contributed by atoms with Crippen LogP contribution in [0.4, 0.5) is 30.7 Å². The molecule has 0 aromatic heterocycles. The molecule has 0 saturated heterocycles. The lowest BCUT2D eigenvalue weighted by atomic mass is 9.74. The fourth-order valence-corrected chi connectivity index (χ4v) is 4.45. The van der Waals surface area contributed by atoms with Gasteiger partial charge in [-0.1, -0.05) is 54.6 Å². The maximum absolute atomic E-state index is 14.8. The van der Waals surface area contributed by atoms with E-state index in [9.17, 15) is 35.5 Å². The lowest BCUT2D eigenvalue weighted by Gasteiger charge is -2.39. The van der Waals surface area contributed by atoms with Crippen LogP contribution in [-0.2, 0) is 21.5 Å². The molecule has 1 amide bonds. The van der Waals surface area contributed by atoms with Gasteiger partial charge in [-0.15, -0.1) is 0 Å². The Morgan fingerprint density at radius 2 is 1.60 bits per heavy atom. The highest BCUT2D eigenvalue weighted by molar-refractivity contribution is 5.56. The Hall–Kier alpha value is -4.28. The summed E-state index contributed by atoms with van der Waals surface area (Å²) in [5.74, 6) is -1.83. The molecule has 0 heterocycles. The minimum atomic E-state index is -4.86. The van der Waals surface area contributed by atoms with Gasteiger partial charge in [0, 0.05) is 12.8 Å². The van der Waals surface area contributed by atoms with Gasteiger partial charge in [0.15, 0.2) is 11.6 Å². The Balaban J connectivity index is 0.000000633. The van der Waals surface area contributed by atoms with Crippen LogP contribution in [-0.4, -0.2) is 31.2 Å². The molecule has 1 N–H and O–H groups in total. The number of ether oxygens (including phenoxy) is 2. The molecule has 0 saturated carbocycles. The van der Waals surface area contributed by atoms with Crippen molar-refractivity contribution in [3.05, 3.63) is 125 Å². The predicted molar refractivity (Wildman–Crippen MR) is 147 cm³/mol.